The topological polar surface area (TPSA) is 59.4 Å². The average molecular weight is 450 g/mol. The van der Waals surface area contributed by atoms with Crippen LogP contribution >= 0.6 is 11.6 Å². The number of alkyl halides is 6. The fourth-order valence-corrected chi connectivity index (χ4v) is 2.56. The van der Waals surface area contributed by atoms with Crippen LogP contribution in [-0.4, -0.2) is 22.4 Å². The Morgan fingerprint density at radius 3 is 2.10 bits per heavy atom. The Hall–Kier alpha value is -3.21. The van der Waals surface area contributed by atoms with Crippen molar-refractivity contribution in [2.24, 2.45) is 4.99 Å². The Labute approximate surface area is 169 Å². The molecule has 0 amide bonds. The molecule has 0 atom stereocenters. The van der Waals surface area contributed by atoms with Crippen LogP contribution in [0.2, 0.25) is 5.02 Å². The number of hydrogen-bond acceptors (Lipinski definition) is 3. The van der Waals surface area contributed by atoms with Gasteiger partial charge < -0.3 is 4.74 Å². The van der Waals surface area contributed by atoms with Crippen molar-refractivity contribution in [3.05, 3.63) is 75.2 Å². The summed E-state index contributed by atoms with van der Waals surface area (Å²) in [4.78, 5) is 16.4. The van der Waals surface area contributed by atoms with E-state index in [1.165, 1.54) is 24.3 Å². The van der Waals surface area contributed by atoms with Gasteiger partial charge in [-0.2, -0.15) is 13.2 Å². The number of nitrogens with one attached hydrogen (secondary N) is 1. The lowest BCUT2D eigenvalue weighted by molar-refractivity contribution is -0.274. The first-order valence-corrected chi connectivity index (χ1v) is 8.40. The van der Waals surface area contributed by atoms with E-state index in [1.54, 1.807) is 0 Å². The van der Waals surface area contributed by atoms with Crippen molar-refractivity contribution in [2.75, 3.05) is 0 Å². The highest BCUT2D eigenvalue weighted by Gasteiger charge is 2.37. The van der Waals surface area contributed by atoms with Gasteiger partial charge in [-0.3, -0.25) is 14.9 Å². The molecule has 0 spiro atoms. The second kappa shape index (κ2) is 7.90. The Morgan fingerprint density at radius 2 is 1.57 bits per heavy atom. The van der Waals surface area contributed by atoms with Crippen LogP contribution in [0.1, 0.15) is 11.3 Å². The maximum atomic E-state index is 13.4. The lowest BCUT2D eigenvalue weighted by atomic mass is 10.2. The molecular formula is C18H10ClF6N3O2. The van der Waals surface area contributed by atoms with Gasteiger partial charge >= 0.3 is 12.5 Å². The maximum Gasteiger partial charge on any atom is 0.573 e. The number of nitrogens with zero attached hydrogens (tertiary/aromatic N) is 2. The van der Waals surface area contributed by atoms with Crippen molar-refractivity contribution in [2.45, 2.75) is 12.5 Å². The van der Waals surface area contributed by atoms with Gasteiger partial charge in [0, 0.05) is 11.2 Å². The molecule has 5 nitrogen and oxygen atoms in total. The Balaban J connectivity index is 2.01. The fraction of sp³-hybridized carbons (Fsp3) is 0.111. The van der Waals surface area contributed by atoms with E-state index in [1.807, 2.05) is 5.10 Å². The molecule has 2 aromatic carbocycles. The van der Waals surface area contributed by atoms with Gasteiger partial charge in [0.15, 0.2) is 5.69 Å². The van der Waals surface area contributed by atoms with Crippen LogP contribution in [0.5, 0.6) is 5.75 Å². The van der Waals surface area contributed by atoms with Crippen LogP contribution in [0.15, 0.2) is 58.3 Å². The molecule has 0 radical (unpaired) electrons. The highest BCUT2D eigenvalue weighted by Crippen LogP contribution is 2.30. The largest absolute Gasteiger partial charge is 0.573 e. The Bertz CT molecular complexity index is 1110. The minimum absolute atomic E-state index is 0.133. The summed E-state index contributed by atoms with van der Waals surface area (Å²) in [7, 11) is 0. The van der Waals surface area contributed by atoms with Gasteiger partial charge in [0.2, 0.25) is 0 Å². The summed E-state index contributed by atoms with van der Waals surface area (Å²) in [6.07, 6.45) is -9.09. The number of aromatic nitrogens is 2. The van der Waals surface area contributed by atoms with Crippen molar-refractivity contribution >= 4 is 23.5 Å². The monoisotopic (exact) mass is 449 g/mol. The van der Waals surface area contributed by atoms with E-state index in [0.717, 1.165) is 30.5 Å². The van der Waals surface area contributed by atoms with E-state index in [9.17, 15) is 31.1 Å². The molecule has 0 saturated heterocycles. The number of aromatic amines is 1. The van der Waals surface area contributed by atoms with E-state index in [-0.39, 0.29) is 11.4 Å². The van der Waals surface area contributed by atoms with E-state index < -0.39 is 35.1 Å². The summed E-state index contributed by atoms with van der Waals surface area (Å²) in [6.45, 7) is 0. The number of ether oxygens (including phenoxy) is 1. The Kier molecular flexibility index (Phi) is 5.66. The van der Waals surface area contributed by atoms with E-state index >= 15 is 0 Å². The van der Waals surface area contributed by atoms with E-state index in [2.05, 4.69) is 9.73 Å². The molecule has 0 aliphatic rings. The lowest BCUT2D eigenvalue weighted by Crippen LogP contribution is -2.18. The molecule has 0 bridgehead atoms. The number of benzene rings is 2. The zero-order valence-electron chi connectivity index (χ0n) is 14.6. The van der Waals surface area contributed by atoms with Crippen molar-refractivity contribution in [3.63, 3.8) is 0 Å². The second-order valence-electron chi connectivity index (χ2n) is 5.82. The number of aliphatic imine (C=N–C) groups is 1. The number of H-pyrrole nitrogens is 1. The summed E-state index contributed by atoms with van der Waals surface area (Å²) in [5.74, 6) is -0.591. The molecule has 3 rings (SSSR count). The average Bonchev–Trinajstić information content (AvgIpc) is 2.97. The molecule has 0 unspecified atom stereocenters. The molecule has 1 heterocycles. The van der Waals surface area contributed by atoms with Gasteiger partial charge in [-0.25, -0.2) is 4.68 Å². The predicted molar refractivity (Wildman–Crippen MR) is 96.8 cm³/mol. The minimum Gasteiger partial charge on any atom is -0.406 e. The molecule has 12 heteroatoms. The SMILES string of the molecule is O=c1c(C=Nc2ccc(Cl)cc2)c(C(F)(F)F)[nH]n1-c1ccc(OC(F)(F)F)cc1. The maximum absolute atomic E-state index is 13.4. The van der Waals surface area contributed by atoms with Crippen LogP contribution in [0.3, 0.4) is 0 Å². The molecule has 30 heavy (non-hydrogen) atoms. The van der Waals surface area contributed by atoms with Gasteiger partial charge in [-0.05, 0) is 48.5 Å². The summed E-state index contributed by atoms with van der Waals surface area (Å²) in [5, 5.41) is 2.32. The van der Waals surface area contributed by atoms with Gasteiger partial charge in [0.05, 0.1) is 16.9 Å². The van der Waals surface area contributed by atoms with Crippen LogP contribution in [0.25, 0.3) is 5.69 Å². The third kappa shape index (κ3) is 5.03. The third-order valence-electron chi connectivity index (χ3n) is 3.71. The van der Waals surface area contributed by atoms with Crippen molar-refractivity contribution in [1.82, 2.24) is 9.78 Å². The summed E-state index contributed by atoms with van der Waals surface area (Å²) < 4.78 is 81.1. The van der Waals surface area contributed by atoms with Crippen molar-refractivity contribution in [3.8, 4) is 11.4 Å². The number of halogens is 7. The number of rotatable bonds is 4. The summed E-state index contributed by atoms with van der Waals surface area (Å²) >= 11 is 5.73. The van der Waals surface area contributed by atoms with Gasteiger partial charge in [-0.15, -0.1) is 13.2 Å². The summed E-state index contributed by atoms with van der Waals surface area (Å²) in [6, 6.07) is 9.55. The molecule has 158 valence electrons. The van der Waals surface area contributed by atoms with Crippen LogP contribution < -0.4 is 10.3 Å². The highest BCUT2D eigenvalue weighted by atomic mass is 35.5. The molecule has 0 fully saturated rings. The third-order valence-corrected chi connectivity index (χ3v) is 3.96. The standard InChI is InChI=1S/C18H10ClF6N3O2/c19-10-1-3-11(4-2-10)26-9-14-15(17(20,21)22)27-28(16(14)29)12-5-7-13(8-6-12)30-18(23,24)25/h1-9,27H. The minimum atomic E-state index is -4.93. The van der Waals surface area contributed by atoms with Crippen LogP contribution in [-0.2, 0) is 6.18 Å². The molecule has 0 saturated carbocycles. The highest BCUT2D eigenvalue weighted by molar-refractivity contribution is 6.30. The predicted octanol–water partition coefficient (Wildman–Crippen LogP) is 5.49. The Morgan fingerprint density at radius 1 is 0.967 bits per heavy atom. The molecule has 0 aliphatic heterocycles. The first-order valence-electron chi connectivity index (χ1n) is 8.02. The van der Waals surface area contributed by atoms with Gasteiger partial charge in [0.25, 0.3) is 5.56 Å². The zero-order chi connectivity index (χ0) is 22.1. The smallest absolute Gasteiger partial charge is 0.406 e. The quantitative estimate of drug-likeness (QED) is 0.423. The van der Waals surface area contributed by atoms with E-state index in [0.29, 0.717) is 9.70 Å². The summed E-state index contributed by atoms with van der Waals surface area (Å²) in [5.41, 5.74) is -3.10. The molecule has 1 aromatic heterocycles. The molecular weight excluding hydrogens is 440 g/mol. The van der Waals surface area contributed by atoms with E-state index in [4.69, 9.17) is 11.6 Å². The molecule has 0 aliphatic carbocycles. The normalized spacial score (nSPS) is 12.5. The van der Waals surface area contributed by atoms with Crippen LogP contribution in [0, 0.1) is 0 Å². The zero-order valence-corrected chi connectivity index (χ0v) is 15.3. The second-order valence-corrected chi connectivity index (χ2v) is 6.25. The van der Waals surface area contributed by atoms with Crippen molar-refractivity contribution < 1.29 is 31.1 Å². The van der Waals surface area contributed by atoms with Gasteiger partial charge in [0.1, 0.15) is 5.75 Å². The number of hydrogen-bond donors (Lipinski definition) is 1. The van der Waals surface area contributed by atoms with Gasteiger partial charge in [-0.1, -0.05) is 11.6 Å². The van der Waals surface area contributed by atoms with Crippen LogP contribution in [0.4, 0.5) is 32.0 Å². The lowest BCUT2D eigenvalue weighted by Gasteiger charge is -2.09. The molecule has 1 N–H and O–H groups in total. The fourth-order valence-electron chi connectivity index (χ4n) is 2.43. The first-order chi connectivity index (χ1) is 13.9. The van der Waals surface area contributed by atoms with Crippen molar-refractivity contribution in [1.29, 1.82) is 0 Å². The molecule has 3 aromatic rings. The first kappa shape index (κ1) is 21.5.